The van der Waals surface area contributed by atoms with Crippen molar-refractivity contribution in [3.8, 4) is 0 Å². The van der Waals surface area contributed by atoms with E-state index in [0.717, 1.165) is 24.3 Å². The van der Waals surface area contributed by atoms with Gasteiger partial charge in [-0.05, 0) is 24.5 Å². The molecule has 0 unspecified atom stereocenters. The molecule has 0 spiro atoms. The Morgan fingerprint density at radius 3 is 2.60 bits per heavy atom. The Morgan fingerprint density at radius 1 is 1.27 bits per heavy atom. The Morgan fingerprint density at radius 2 is 1.93 bits per heavy atom. The average molecular weight is 205 g/mol. The summed E-state index contributed by atoms with van der Waals surface area (Å²) in [7, 11) is 0. The number of hydrogen-bond acceptors (Lipinski definition) is 2. The fourth-order valence-electron chi connectivity index (χ4n) is 2.09. The molecule has 0 aromatic heterocycles. The molecule has 1 aromatic rings. The van der Waals surface area contributed by atoms with E-state index in [-0.39, 0.29) is 6.42 Å². The number of carboxylic acid groups (broad SMARTS) is 1. The number of hydrogen-bond donors (Lipinski definition) is 1. The van der Waals surface area contributed by atoms with E-state index in [4.69, 9.17) is 5.11 Å². The van der Waals surface area contributed by atoms with Gasteiger partial charge >= 0.3 is 5.97 Å². The number of nitrogens with zero attached hydrogens (tertiary/aromatic N) is 1. The van der Waals surface area contributed by atoms with E-state index in [1.807, 2.05) is 24.3 Å². The number of carboxylic acids is 1. The molecule has 0 atom stereocenters. The molecule has 80 valence electrons. The zero-order chi connectivity index (χ0) is 10.7. The number of benzene rings is 1. The summed E-state index contributed by atoms with van der Waals surface area (Å²) in [6, 6.07) is 7.79. The minimum atomic E-state index is -0.762. The molecule has 1 aromatic carbocycles. The van der Waals surface area contributed by atoms with Gasteiger partial charge in [0.1, 0.15) is 0 Å². The van der Waals surface area contributed by atoms with Gasteiger partial charge in [0.2, 0.25) is 0 Å². The largest absolute Gasteiger partial charge is 0.481 e. The van der Waals surface area contributed by atoms with Crippen molar-refractivity contribution in [3.05, 3.63) is 29.8 Å². The third kappa shape index (κ3) is 2.29. The molecule has 0 saturated carbocycles. The zero-order valence-electron chi connectivity index (χ0n) is 8.65. The highest BCUT2D eigenvalue weighted by Crippen LogP contribution is 2.24. The summed E-state index contributed by atoms with van der Waals surface area (Å²) in [6.07, 6.45) is 2.54. The molecular formula is C12H15NO2. The van der Waals surface area contributed by atoms with Gasteiger partial charge in [-0.2, -0.15) is 0 Å². The highest BCUT2D eigenvalue weighted by atomic mass is 16.4. The van der Waals surface area contributed by atoms with E-state index in [0.29, 0.717) is 0 Å². The number of aliphatic carboxylic acids is 1. The fraction of sp³-hybridized carbons (Fsp3) is 0.417. The molecule has 3 nitrogen and oxygen atoms in total. The lowest BCUT2D eigenvalue weighted by molar-refractivity contribution is -0.136. The fourth-order valence-corrected chi connectivity index (χ4v) is 2.09. The number of rotatable bonds is 3. The van der Waals surface area contributed by atoms with E-state index in [1.54, 1.807) is 0 Å². The Balaban J connectivity index is 2.24. The van der Waals surface area contributed by atoms with Crippen molar-refractivity contribution in [1.29, 1.82) is 0 Å². The van der Waals surface area contributed by atoms with Gasteiger partial charge in [-0.25, -0.2) is 0 Å². The van der Waals surface area contributed by atoms with Crippen molar-refractivity contribution in [2.45, 2.75) is 19.3 Å². The van der Waals surface area contributed by atoms with Crippen LogP contribution in [0.3, 0.4) is 0 Å². The minimum absolute atomic E-state index is 0.118. The second-order valence-electron chi connectivity index (χ2n) is 3.89. The second-order valence-corrected chi connectivity index (χ2v) is 3.89. The molecule has 3 heteroatoms. The molecule has 1 aliphatic rings. The third-order valence-electron chi connectivity index (χ3n) is 2.78. The maximum Gasteiger partial charge on any atom is 0.307 e. The van der Waals surface area contributed by atoms with Crippen molar-refractivity contribution in [1.82, 2.24) is 0 Å². The molecule has 1 heterocycles. The lowest BCUT2D eigenvalue weighted by Gasteiger charge is -2.20. The van der Waals surface area contributed by atoms with Crippen LogP contribution in [0.1, 0.15) is 18.4 Å². The van der Waals surface area contributed by atoms with Crippen molar-refractivity contribution in [2.75, 3.05) is 18.0 Å². The van der Waals surface area contributed by atoms with Crippen molar-refractivity contribution in [3.63, 3.8) is 0 Å². The smallest absolute Gasteiger partial charge is 0.307 e. The normalized spacial score (nSPS) is 15.6. The van der Waals surface area contributed by atoms with E-state index < -0.39 is 5.97 Å². The lowest BCUT2D eigenvalue weighted by atomic mass is 10.1. The van der Waals surface area contributed by atoms with Gasteiger partial charge < -0.3 is 10.0 Å². The second kappa shape index (κ2) is 4.34. The highest BCUT2D eigenvalue weighted by Gasteiger charge is 2.16. The molecule has 0 radical (unpaired) electrons. The first-order valence-corrected chi connectivity index (χ1v) is 5.32. The molecule has 1 N–H and O–H groups in total. The van der Waals surface area contributed by atoms with E-state index in [2.05, 4.69) is 4.90 Å². The van der Waals surface area contributed by atoms with Crippen LogP contribution in [0.2, 0.25) is 0 Å². The quantitative estimate of drug-likeness (QED) is 0.819. The average Bonchev–Trinajstić information content (AvgIpc) is 2.70. The Kier molecular flexibility index (Phi) is 2.90. The minimum Gasteiger partial charge on any atom is -0.481 e. The Hall–Kier alpha value is -1.51. The van der Waals surface area contributed by atoms with Crippen LogP contribution in [0, 0.1) is 0 Å². The predicted octanol–water partition coefficient (Wildman–Crippen LogP) is 1.91. The molecule has 15 heavy (non-hydrogen) atoms. The van der Waals surface area contributed by atoms with Crippen LogP contribution in [0.25, 0.3) is 0 Å². The standard InChI is InChI=1S/C12H15NO2/c14-12(15)9-10-5-1-2-6-11(10)13-7-3-4-8-13/h1-2,5-6H,3-4,7-9H2,(H,14,15). The number of para-hydroxylation sites is 1. The SMILES string of the molecule is O=C(O)Cc1ccccc1N1CCCC1. The van der Waals surface area contributed by atoms with Crippen LogP contribution >= 0.6 is 0 Å². The van der Waals surface area contributed by atoms with Gasteiger partial charge in [0, 0.05) is 18.8 Å². The van der Waals surface area contributed by atoms with Crippen LogP contribution in [-0.4, -0.2) is 24.2 Å². The maximum atomic E-state index is 10.7. The molecule has 0 amide bonds. The van der Waals surface area contributed by atoms with Crippen LogP contribution in [-0.2, 0) is 11.2 Å². The summed E-state index contributed by atoms with van der Waals surface area (Å²) in [5.74, 6) is -0.762. The molecule has 0 aliphatic carbocycles. The number of anilines is 1. The molecule has 0 bridgehead atoms. The van der Waals surface area contributed by atoms with Crippen LogP contribution < -0.4 is 4.90 Å². The third-order valence-corrected chi connectivity index (χ3v) is 2.78. The summed E-state index contributed by atoms with van der Waals surface area (Å²) >= 11 is 0. The van der Waals surface area contributed by atoms with Crippen molar-refractivity contribution >= 4 is 11.7 Å². The van der Waals surface area contributed by atoms with Gasteiger partial charge in [0.15, 0.2) is 0 Å². The Labute approximate surface area is 89.3 Å². The van der Waals surface area contributed by atoms with Crippen LogP contribution in [0.5, 0.6) is 0 Å². The van der Waals surface area contributed by atoms with Gasteiger partial charge in [0.25, 0.3) is 0 Å². The van der Waals surface area contributed by atoms with E-state index in [1.165, 1.54) is 12.8 Å². The maximum absolute atomic E-state index is 10.7. The molecular weight excluding hydrogens is 190 g/mol. The van der Waals surface area contributed by atoms with Gasteiger partial charge in [-0.3, -0.25) is 4.79 Å². The number of carbonyl (C=O) groups is 1. The first-order chi connectivity index (χ1) is 7.27. The monoisotopic (exact) mass is 205 g/mol. The van der Waals surface area contributed by atoms with Gasteiger partial charge in [-0.15, -0.1) is 0 Å². The summed E-state index contributed by atoms with van der Waals surface area (Å²) in [6.45, 7) is 2.10. The van der Waals surface area contributed by atoms with Gasteiger partial charge in [-0.1, -0.05) is 18.2 Å². The molecule has 1 saturated heterocycles. The van der Waals surface area contributed by atoms with Crippen molar-refractivity contribution < 1.29 is 9.90 Å². The molecule has 1 fully saturated rings. The van der Waals surface area contributed by atoms with Gasteiger partial charge in [0.05, 0.1) is 6.42 Å². The van der Waals surface area contributed by atoms with E-state index >= 15 is 0 Å². The summed E-state index contributed by atoms with van der Waals surface area (Å²) < 4.78 is 0. The molecule has 1 aliphatic heterocycles. The highest BCUT2D eigenvalue weighted by molar-refractivity contribution is 5.73. The zero-order valence-corrected chi connectivity index (χ0v) is 8.65. The molecule has 2 rings (SSSR count). The summed E-state index contributed by atoms with van der Waals surface area (Å²) in [5, 5.41) is 8.82. The topological polar surface area (TPSA) is 40.5 Å². The summed E-state index contributed by atoms with van der Waals surface area (Å²) in [5.41, 5.74) is 2.02. The van der Waals surface area contributed by atoms with Crippen molar-refractivity contribution in [2.24, 2.45) is 0 Å². The summed E-state index contributed by atoms with van der Waals surface area (Å²) in [4.78, 5) is 13.0. The lowest BCUT2D eigenvalue weighted by Crippen LogP contribution is -2.19. The predicted molar refractivity (Wildman–Crippen MR) is 59.2 cm³/mol. The van der Waals surface area contributed by atoms with E-state index in [9.17, 15) is 4.79 Å². The first-order valence-electron chi connectivity index (χ1n) is 5.32. The first kappa shape index (κ1) is 10.0. The van der Waals surface area contributed by atoms with Crippen LogP contribution in [0.4, 0.5) is 5.69 Å². The Bertz CT molecular complexity index is 356. The van der Waals surface area contributed by atoms with Crippen LogP contribution in [0.15, 0.2) is 24.3 Å².